The minimum absolute atomic E-state index is 0.223. The molecule has 0 radical (unpaired) electrons. The Hall–Kier alpha value is -2.72. The molecule has 0 bridgehead atoms. The van der Waals surface area contributed by atoms with Crippen LogP contribution in [0.5, 0.6) is 0 Å². The smallest absolute Gasteiger partial charge is 0.475 e. The first-order chi connectivity index (χ1) is 17.7. The van der Waals surface area contributed by atoms with Crippen molar-refractivity contribution in [3.05, 3.63) is 18.5 Å². The van der Waals surface area contributed by atoms with E-state index in [1.165, 1.54) is 19.4 Å². The summed E-state index contributed by atoms with van der Waals surface area (Å²) in [5, 5.41) is 14.2. The summed E-state index contributed by atoms with van der Waals surface area (Å²) < 4.78 is 75.0. The molecule has 0 aliphatic carbocycles. The number of halogens is 6. The number of hydrogen-bond acceptors (Lipinski definition) is 8. The molecule has 1 spiro atoms. The highest BCUT2D eigenvalue weighted by atomic mass is 19.4. The molecule has 16 heteroatoms. The van der Waals surface area contributed by atoms with E-state index in [2.05, 4.69) is 19.8 Å². The Morgan fingerprint density at radius 1 is 0.921 bits per heavy atom. The SMILES string of the molecule is O=C(O)C(F)(F)F.O=C(O)C(F)(F)F.c1cnc(N2CCC3(COCCN(CC4CCOCC4)C3)C2)nc1. The van der Waals surface area contributed by atoms with Crippen molar-refractivity contribution in [2.45, 2.75) is 31.6 Å². The number of alkyl halides is 6. The Morgan fingerprint density at radius 2 is 1.47 bits per heavy atom. The highest BCUT2D eigenvalue weighted by Crippen LogP contribution is 2.35. The number of anilines is 1. The molecule has 3 aliphatic rings. The fraction of sp³-hybridized carbons (Fsp3) is 0.727. The number of hydrogen-bond donors (Lipinski definition) is 2. The highest BCUT2D eigenvalue weighted by molar-refractivity contribution is 5.73. The number of ether oxygens (including phenoxy) is 2. The third-order valence-electron chi connectivity index (χ3n) is 6.13. The molecular formula is C22H30F6N4O6. The first-order valence-corrected chi connectivity index (χ1v) is 11.7. The molecule has 0 aromatic carbocycles. The molecule has 0 saturated carbocycles. The highest BCUT2D eigenvalue weighted by Gasteiger charge is 2.42. The number of carbonyl (C=O) groups is 2. The van der Waals surface area contributed by atoms with Gasteiger partial charge in [-0.2, -0.15) is 26.3 Å². The van der Waals surface area contributed by atoms with Crippen LogP contribution in [-0.2, 0) is 19.1 Å². The number of carboxylic acids is 2. The maximum absolute atomic E-state index is 10.6. The molecule has 10 nitrogen and oxygen atoms in total. The topological polar surface area (TPSA) is 125 Å². The molecule has 1 unspecified atom stereocenters. The van der Waals surface area contributed by atoms with E-state index in [0.29, 0.717) is 0 Å². The van der Waals surface area contributed by atoms with Crippen molar-refractivity contribution in [1.29, 1.82) is 0 Å². The first-order valence-electron chi connectivity index (χ1n) is 11.7. The molecule has 38 heavy (non-hydrogen) atoms. The molecule has 3 aliphatic heterocycles. The Kier molecular flexibility index (Phi) is 11.5. The molecule has 4 heterocycles. The monoisotopic (exact) mass is 560 g/mol. The van der Waals surface area contributed by atoms with Crippen molar-refractivity contribution in [3.63, 3.8) is 0 Å². The predicted octanol–water partition coefficient (Wildman–Crippen LogP) is 2.70. The third-order valence-corrected chi connectivity index (χ3v) is 6.13. The minimum atomic E-state index is -5.08. The van der Waals surface area contributed by atoms with Gasteiger partial charge in [-0.3, -0.25) is 0 Å². The van der Waals surface area contributed by atoms with Crippen molar-refractivity contribution < 1.29 is 55.6 Å². The summed E-state index contributed by atoms with van der Waals surface area (Å²) in [7, 11) is 0. The minimum Gasteiger partial charge on any atom is -0.475 e. The Bertz CT molecular complexity index is 861. The zero-order chi connectivity index (χ0) is 28.4. The van der Waals surface area contributed by atoms with Crippen LogP contribution in [0.3, 0.4) is 0 Å². The second-order valence-corrected chi connectivity index (χ2v) is 9.17. The van der Waals surface area contributed by atoms with Crippen molar-refractivity contribution in [1.82, 2.24) is 14.9 Å². The first kappa shape index (κ1) is 31.5. The second-order valence-electron chi connectivity index (χ2n) is 9.17. The molecule has 1 aromatic rings. The van der Waals surface area contributed by atoms with E-state index in [1.807, 2.05) is 18.5 Å². The number of carboxylic acid groups (broad SMARTS) is 2. The number of aliphatic carboxylic acids is 2. The summed E-state index contributed by atoms with van der Waals surface area (Å²) in [4.78, 5) is 31.6. The largest absolute Gasteiger partial charge is 0.490 e. The van der Waals surface area contributed by atoms with E-state index < -0.39 is 24.3 Å². The zero-order valence-electron chi connectivity index (χ0n) is 20.4. The van der Waals surface area contributed by atoms with Crippen LogP contribution >= 0.6 is 0 Å². The van der Waals surface area contributed by atoms with Crippen LogP contribution in [-0.4, -0.2) is 109 Å². The van der Waals surface area contributed by atoms with E-state index in [-0.39, 0.29) is 5.41 Å². The van der Waals surface area contributed by atoms with Crippen LogP contribution in [0.1, 0.15) is 19.3 Å². The van der Waals surface area contributed by atoms with Crippen molar-refractivity contribution in [2.75, 3.05) is 64.1 Å². The summed E-state index contributed by atoms with van der Waals surface area (Å²) >= 11 is 0. The summed E-state index contributed by atoms with van der Waals surface area (Å²) in [5.41, 5.74) is 0.223. The van der Waals surface area contributed by atoms with E-state index >= 15 is 0 Å². The summed E-state index contributed by atoms with van der Waals surface area (Å²) in [5.74, 6) is -3.88. The van der Waals surface area contributed by atoms with Crippen LogP contribution in [0.4, 0.5) is 32.3 Å². The lowest BCUT2D eigenvalue weighted by molar-refractivity contribution is -0.193. The lowest BCUT2D eigenvalue weighted by Gasteiger charge is -2.34. The molecule has 4 rings (SSSR count). The van der Waals surface area contributed by atoms with Crippen LogP contribution in [0, 0.1) is 11.3 Å². The summed E-state index contributed by atoms with van der Waals surface area (Å²) in [6, 6.07) is 1.87. The predicted molar refractivity (Wildman–Crippen MR) is 119 cm³/mol. The molecule has 216 valence electrons. The Balaban J connectivity index is 0.000000301. The average molecular weight is 560 g/mol. The fourth-order valence-electron chi connectivity index (χ4n) is 4.34. The third kappa shape index (κ3) is 10.6. The molecule has 1 atom stereocenters. The average Bonchev–Trinajstić information content (AvgIpc) is 3.16. The van der Waals surface area contributed by atoms with Crippen molar-refractivity contribution in [2.24, 2.45) is 11.3 Å². The van der Waals surface area contributed by atoms with Crippen molar-refractivity contribution in [3.8, 4) is 0 Å². The van der Waals surface area contributed by atoms with Gasteiger partial charge in [0.25, 0.3) is 0 Å². The number of rotatable bonds is 3. The van der Waals surface area contributed by atoms with Gasteiger partial charge in [-0.05, 0) is 31.2 Å². The fourth-order valence-corrected chi connectivity index (χ4v) is 4.34. The van der Waals surface area contributed by atoms with Crippen molar-refractivity contribution >= 4 is 17.9 Å². The van der Waals surface area contributed by atoms with E-state index in [4.69, 9.17) is 29.3 Å². The lowest BCUT2D eigenvalue weighted by Crippen LogP contribution is -2.43. The van der Waals surface area contributed by atoms with E-state index in [1.54, 1.807) is 0 Å². The Morgan fingerprint density at radius 3 is 2.00 bits per heavy atom. The maximum atomic E-state index is 10.6. The normalized spacial score (nSPS) is 23.1. The van der Waals surface area contributed by atoms with Gasteiger partial charge in [-0.25, -0.2) is 19.6 Å². The standard InChI is InChI=1S/C18H28N4O2.2C2HF3O2/c1-5-19-17(20-6-1)22-7-4-18(14-22)13-21(8-11-24-15-18)12-16-2-9-23-10-3-16;2*3-2(4,5)1(6)7/h1,5-6,16H,2-4,7-15H2;2*(H,6,7). The molecule has 1 aromatic heterocycles. The van der Waals surface area contributed by atoms with Crippen LogP contribution in [0.2, 0.25) is 0 Å². The van der Waals surface area contributed by atoms with Gasteiger partial charge in [-0.1, -0.05) is 0 Å². The number of aromatic nitrogens is 2. The number of nitrogens with zero attached hydrogens (tertiary/aromatic N) is 4. The van der Waals surface area contributed by atoms with Crippen LogP contribution < -0.4 is 4.90 Å². The molecule has 2 N–H and O–H groups in total. The van der Waals surface area contributed by atoms with Crippen LogP contribution in [0.25, 0.3) is 0 Å². The maximum Gasteiger partial charge on any atom is 0.490 e. The Labute approximate surface area is 214 Å². The lowest BCUT2D eigenvalue weighted by atomic mass is 9.87. The molecule has 3 saturated heterocycles. The van der Waals surface area contributed by atoms with E-state index in [9.17, 15) is 26.3 Å². The van der Waals surface area contributed by atoms with Gasteiger partial charge in [-0.15, -0.1) is 0 Å². The quantitative estimate of drug-likeness (QED) is 0.533. The van der Waals surface area contributed by atoms with Gasteiger partial charge in [0.15, 0.2) is 0 Å². The van der Waals surface area contributed by atoms with Gasteiger partial charge in [0.1, 0.15) is 0 Å². The van der Waals surface area contributed by atoms with Gasteiger partial charge < -0.3 is 29.5 Å². The molecule has 3 fully saturated rings. The van der Waals surface area contributed by atoms with Gasteiger partial charge in [0.2, 0.25) is 5.95 Å². The van der Waals surface area contributed by atoms with Gasteiger partial charge in [0.05, 0.1) is 13.2 Å². The molecule has 0 amide bonds. The van der Waals surface area contributed by atoms with Crippen LogP contribution in [0.15, 0.2) is 18.5 Å². The zero-order valence-corrected chi connectivity index (χ0v) is 20.4. The second kappa shape index (κ2) is 13.9. The van der Waals surface area contributed by atoms with Gasteiger partial charge >= 0.3 is 24.3 Å². The van der Waals surface area contributed by atoms with E-state index in [0.717, 1.165) is 70.9 Å². The summed E-state index contributed by atoms with van der Waals surface area (Å²) in [6.07, 6.45) is -2.94. The van der Waals surface area contributed by atoms with Gasteiger partial charge in [0, 0.05) is 63.7 Å². The molecular weight excluding hydrogens is 530 g/mol. The summed E-state index contributed by atoms with van der Waals surface area (Å²) in [6.45, 7) is 8.98.